The first-order valence-corrected chi connectivity index (χ1v) is 9.25. The van der Waals surface area contributed by atoms with Gasteiger partial charge in [-0.1, -0.05) is 30.0 Å². The van der Waals surface area contributed by atoms with E-state index >= 15 is 0 Å². The number of hydrogen-bond donors (Lipinski definition) is 1. The van der Waals surface area contributed by atoms with Crippen LogP contribution < -0.4 is 10.9 Å². The van der Waals surface area contributed by atoms with Gasteiger partial charge in [-0.15, -0.1) is 0 Å². The lowest BCUT2D eigenvalue weighted by Gasteiger charge is -2.08. The fourth-order valence-electron chi connectivity index (χ4n) is 2.76. The molecule has 1 N–H and O–H groups in total. The monoisotopic (exact) mass is 396 g/mol. The lowest BCUT2D eigenvalue weighted by atomic mass is 10.2. The van der Waals surface area contributed by atoms with E-state index in [1.807, 2.05) is 6.07 Å². The van der Waals surface area contributed by atoms with Gasteiger partial charge in [-0.05, 0) is 36.4 Å². The van der Waals surface area contributed by atoms with Gasteiger partial charge in [0.2, 0.25) is 5.91 Å². The number of para-hydroxylation sites is 1. The maximum Gasteiger partial charge on any atom is 0.346 e. The van der Waals surface area contributed by atoms with Crippen molar-refractivity contribution >= 4 is 45.3 Å². The highest BCUT2D eigenvalue weighted by Crippen LogP contribution is 2.29. The highest BCUT2D eigenvalue weighted by atomic mass is 32.2. The zero-order valence-corrected chi connectivity index (χ0v) is 15.2. The smallest absolute Gasteiger partial charge is 0.346 e. The van der Waals surface area contributed by atoms with E-state index in [4.69, 9.17) is 4.42 Å². The standard InChI is InChI=1S/C20H13FN2O4S/c21-12-5-7-13(8-6-12)22-17(24)10-16-18(25)23-19(28-16)14-9-11-3-1-2-4-15(11)27-20(14)26/h1-9,16H,10H2,(H,22,24)/t16-/m0/s1. The van der Waals surface area contributed by atoms with E-state index in [9.17, 15) is 18.8 Å². The average molecular weight is 396 g/mol. The van der Waals surface area contributed by atoms with Crippen LogP contribution in [0.1, 0.15) is 12.0 Å². The van der Waals surface area contributed by atoms with Gasteiger partial charge in [0, 0.05) is 17.5 Å². The predicted molar refractivity (Wildman–Crippen MR) is 105 cm³/mol. The van der Waals surface area contributed by atoms with Gasteiger partial charge < -0.3 is 9.73 Å². The first-order valence-electron chi connectivity index (χ1n) is 8.37. The molecule has 0 saturated carbocycles. The number of nitrogens with zero attached hydrogens (tertiary/aromatic N) is 1. The molecule has 0 bridgehead atoms. The second kappa shape index (κ2) is 7.40. The third-order valence-corrected chi connectivity index (χ3v) is 5.30. The summed E-state index contributed by atoms with van der Waals surface area (Å²) in [7, 11) is 0. The van der Waals surface area contributed by atoms with E-state index in [0.717, 1.165) is 11.8 Å². The largest absolute Gasteiger partial charge is 0.422 e. The number of aliphatic imine (C=N–C) groups is 1. The summed E-state index contributed by atoms with van der Waals surface area (Å²) >= 11 is 1.06. The molecule has 1 aromatic heterocycles. The second-order valence-corrected chi connectivity index (χ2v) is 7.30. The summed E-state index contributed by atoms with van der Waals surface area (Å²) in [5.74, 6) is -1.30. The Balaban J connectivity index is 1.48. The van der Waals surface area contributed by atoms with Gasteiger partial charge >= 0.3 is 5.63 Å². The highest BCUT2D eigenvalue weighted by Gasteiger charge is 2.32. The van der Waals surface area contributed by atoms with Gasteiger partial charge in [-0.3, -0.25) is 9.59 Å². The quantitative estimate of drug-likeness (QED) is 0.683. The number of anilines is 1. The van der Waals surface area contributed by atoms with Gasteiger partial charge in [-0.2, -0.15) is 0 Å². The Bertz CT molecular complexity index is 1170. The van der Waals surface area contributed by atoms with E-state index in [-0.39, 0.29) is 17.0 Å². The topological polar surface area (TPSA) is 88.7 Å². The highest BCUT2D eigenvalue weighted by molar-refractivity contribution is 8.16. The summed E-state index contributed by atoms with van der Waals surface area (Å²) < 4.78 is 18.2. The van der Waals surface area contributed by atoms with E-state index in [1.165, 1.54) is 24.3 Å². The molecule has 0 spiro atoms. The summed E-state index contributed by atoms with van der Waals surface area (Å²) in [5, 5.41) is 2.82. The van der Waals surface area contributed by atoms with Crippen molar-refractivity contribution in [3.05, 3.63) is 76.4 Å². The van der Waals surface area contributed by atoms with Gasteiger partial charge in [0.1, 0.15) is 21.7 Å². The number of fused-ring (bicyclic) bond motifs is 1. The van der Waals surface area contributed by atoms with E-state index < -0.39 is 28.5 Å². The van der Waals surface area contributed by atoms with Crippen LogP contribution in [-0.4, -0.2) is 22.1 Å². The van der Waals surface area contributed by atoms with Gasteiger partial charge in [0.25, 0.3) is 5.91 Å². The van der Waals surface area contributed by atoms with E-state index in [2.05, 4.69) is 10.3 Å². The molecule has 2 amide bonds. The van der Waals surface area contributed by atoms with Crippen molar-refractivity contribution in [1.82, 2.24) is 0 Å². The number of hydrogen-bond acceptors (Lipinski definition) is 5. The third kappa shape index (κ3) is 3.72. The lowest BCUT2D eigenvalue weighted by Crippen LogP contribution is -2.21. The molecule has 3 aromatic rings. The van der Waals surface area contributed by atoms with Gasteiger partial charge in [-0.25, -0.2) is 14.2 Å². The Morgan fingerprint density at radius 1 is 1.14 bits per heavy atom. The minimum atomic E-state index is -0.735. The average Bonchev–Trinajstić information content (AvgIpc) is 3.03. The van der Waals surface area contributed by atoms with Crippen molar-refractivity contribution < 1.29 is 18.4 Å². The maximum atomic E-state index is 12.9. The van der Waals surface area contributed by atoms with Crippen LogP contribution in [0.2, 0.25) is 0 Å². The molecule has 0 fully saturated rings. The van der Waals surface area contributed by atoms with E-state index in [0.29, 0.717) is 16.7 Å². The molecule has 4 rings (SSSR count). The Hall–Kier alpha value is -3.26. The zero-order chi connectivity index (χ0) is 19.7. The summed E-state index contributed by atoms with van der Waals surface area (Å²) in [6, 6.07) is 14.0. The number of amides is 2. The second-order valence-electron chi connectivity index (χ2n) is 6.11. The predicted octanol–water partition coefficient (Wildman–Crippen LogP) is 3.35. The van der Waals surface area contributed by atoms with Gasteiger partial charge in [0.15, 0.2) is 0 Å². The molecule has 8 heteroatoms. The number of rotatable bonds is 4. The molecule has 0 aliphatic carbocycles. The maximum absolute atomic E-state index is 12.9. The van der Waals surface area contributed by atoms with Crippen LogP contribution in [0, 0.1) is 5.82 Å². The first-order chi connectivity index (χ1) is 13.5. The van der Waals surface area contributed by atoms with Crippen LogP contribution >= 0.6 is 11.8 Å². The van der Waals surface area contributed by atoms with Crippen molar-refractivity contribution in [3.8, 4) is 0 Å². The van der Waals surface area contributed by atoms with E-state index in [1.54, 1.807) is 24.3 Å². The Morgan fingerprint density at radius 3 is 2.68 bits per heavy atom. The van der Waals surface area contributed by atoms with Crippen LogP contribution in [0.25, 0.3) is 11.0 Å². The van der Waals surface area contributed by atoms with Crippen LogP contribution in [0.15, 0.2) is 68.8 Å². The molecule has 0 unspecified atom stereocenters. The molecule has 6 nitrogen and oxygen atoms in total. The minimum absolute atomic E-state index is 0.118. The number of thioether (sulfide) groups is 1. The number of halogens is 1. The number of carbonyl (C=O) groups excluding carboxylic acids is 2. The Labute approximate surface area is 162 Å². The molecule has 0 radical (unpaired) electrons. The van der Waals surface area contributed by atoms with Crippen molar-refractivity contribution in [2.45, 2.75) is 11.7 Å². The number of carbonyl (C=O) groups is 2. The molecule has 1 atom stereocenters. The summed E-state index contributed by atoms with van der Waals surface area (Å²) in [4.78, 5) is 40.6. The number of benzene rings is 2. The molecule has 1 aliphatic heterocycles. The minimum Gasteiger partial charge on any atom is -0.422 e. The van der Waals surface area contributed by atoms with Crippen LogP contribution in [0.5, 0.6) is 0 Å². The molecule has 2 aromatic carbocycles. The third-order valence-electron chi connectivity index (χ3n) is 4.11. The van der Waals surface area contributed by atoms with Crippen LogP contribution in [-0.2, 0) is 9.59 Å². The molecule has 2 heterocycles. The SMILES string of the molecule is O=C(C[C@@H]1SC(c2cc3ccccc3oc2=O)=NC1=O)Nc1ccc(F)cc1. The summed E-state index contributed by atoms with van der Waals surface area (Å²) in [5.41, 5.74) is 0.479. The number of nitrogens with one attached hydrogen (secondary N) is 1. The normalized spacial score (nSPS) is 16.2. The molecule has 1 aliphatic rings. The Kier molecular flexibility index (Phi) is 4.79. The van der Waals surface area contributed by atoms with Crippen molar-refractivity contribution in [3.63, 3.8) is 0 Å². The first kappa shape index (κ1) is 18.1. The molecule has 140 valence electrons. The molecule has 28 heavy (non-hydrogen) atoms. The van der Waals surface area contributed by atoms with Crippen molar-refractivity contribution in [2.24, 2.45) is 4.99 Å². The lowest BCUT2D eigenvalue weighted by molar-refractivity contribution is -0.121. The van der Waals surface area contributed by atoms with Gasteiger partial charge in [0.05, 0.1) is 5.56 Å². The van der Waals surface area contributed by atoms with Crippen molar-refractivity contribution in [1.29, 1.82) is 0 Å². The molecular weight excluding hydrogens is 383 g/mol. The summed E-state index contributed by atoms with van der Waals surface area (Å²) in [6.07, 6.45) is -0.118. The van der Waals surface area contributed by atoms with Crippen LogP contribution in [0.3, 0.4) is 0 Å². The van der Waals surface area contributed by atoms with Crippen LogP contribution in [0.4, 0.5) is 10.1 Å². The zero-order valence-electron chi connectivity index (χ0n) is 14.3. The summed E-state index contributed by atoms with van der Waals surface area (Å²) in [6.45, 7) is 0. The fourth-order valence-corrected chi connectivity index (χ4v) is 3.83. The molecule has 0 saturated heterocycles. The van der Waals surface area contributed by atoms with Crippen molar-refractivity contribution in [2.75, 3.05) is 5.32 Å². The Morgan fingerprint density at radius 2 is 1.89 bits per heavy atom. The fraction of sp³-hybridized carbons (Fsp3) is 0.100. The molecular formula is C20H13FN2O4S.